The van der Waals surface area contributed by atoms with Crippen LogP contribution in [0.15, 0.2) is 45.3 Å². The molecule has 2 aliphatic rings. The molecular formula is C22H22Br2N4O7S. The minimum Gasteiger partial charge on any atom is -0.372 e. The summed E-state index contributed by atoms with van der Waals surface area (Å²) in [6, 6.07) is 9.43. The molecule has 0 spiro atoms. The summed E-state index contributed by atoms with van der Waals surface area (Å²) < 4.78 is 11.8. The van der Waals surface area contributed by atoms with Crippen LogP contribution >= 0.6 is 44.1 Å². The molecule has 2 aromatic rings. The molecule has 2 N–H and O–H groups in total. The summed E-state index contributed by atoms with van der Waals surface area (Å²) in [6.45, 7) is 4.79. The van der Waals surface area contributed by atoms with E-state index in [1.807, 2.05) is 13.0 Å². The van der Waals surface area contributed by atoms with Crippen LogP contribution in [-0.4, -0.2) is 47.2 Å². The number of ether oxygens (including phenoxy) is 2. The van der Waals surface area contributed by atoms with Gasteiger partial charge in [-0.2, -0.15) is 0 Å². The normalized spacial score (nSPS) is 23.6. The number of nitrogens with zero attached hydrogens (tertiary/aromatic N) is 2. The molecule has 2 heterocycles. The lowest BCUT2D eigenvalue weighted by Crippen LogP contribution is -2.52. The van der Waals surface area contributed by atoms with E-state index in [0.29, 0.717) is 32.7 Å². The van der Waals surface area contributed by atoms with Crippen LogP contribution in [0, 0.1) is 20.2 Å². The number of rotatable bonds is 4. The van der Waals surface area contributed by atoms with E-state index in [1.54, 1.807) is 13.0 Å². The number of carbonyl (C=O) groups excluding carboxylic acids is 1. The molecule has 0 unspecified atom stereocenters. The average molecular weight is 646 g/mol. The first-order valence-corrected chi connectivity index (χ1v) is 12.5. The molecule has 0 saturated carbocycles. The van der Waals surface area contributed by atoms with Crippen LogP contribution in [0.4, 0.5) is 11.4 Å². The van der Waals surface area contributed by atoms with Crippen molar-refractivity contribution < 1.29 is 24.1 Å². The number of nitrogens with one attached hydrogen (secondary N) is 2. The van der Waals surface area contributed by atoms with Crippen molar-refractivity contribution in [3.05, 3.63) is 76.7 Å². The number of hydrogen-bond donors (Lipinski definition) is 2. The Morgan fingerprint density at radius 2 is 1.28 bits per heavy atom. The van der Waals surface area contributed by atoms with Crippen molar-refractivity contribution in [3.8, 4) is 0 Å². The van der Waals surface area contributed by atoms with E-state index >= 15 is 0 Å². The van der Waals surface area contributed by atoms with Crippen molar-refractivity contribution in [2.24, 2.45) is 0 Å². The number of carbonyl (C=O) groups is 1. The van der Waals surface area contributed by atoms with Gasteiger partial charge in [0.2, 0.25) is 5.91 Å². The summed E-state index contributed by atoms with van der Waals surface area (Å²) in [4.78, 5) is 32.8. The molecule has 0 radical (unpaired) electrons. The van der Waals surface area contributed by atoms with Crippen LogP contribution in [0.1, 0.15) is 25.0 Å². The lowest BCUT2D eigenvalue weighted by atomic mass is 9.91. The number of benzene rings is 2. The smallest absolute Gasteiger partial charge is 0.270 e. The number of morpholine rings is 2. The van der Waals surface area contributed by atoms with Crippen molar-refractivity contribution in [2.45, 2.75) is 24.9 Å². The molecule has 36 heavy (non-hydrogen) atoms. The molecule has 2 aliphatic heterocycles. The topological polar surface area (TPSA) is 146 Å². The maximum Gasteiger partial charge on any atom is 0.270 e. The molecule has 0 aromatic heterocycles. The summed E-state index contributed by atoms with van der Waals surface area (Å²) >= 11 is 11.6. The van der Waals surface area contributed by atoms with Gasteiger partial charge in [0.05, 0.1) is 40.7 Å². The van der Waals surface area contributed by atoms with Gasteiger partial charge in [-0.15, -0.1) is 0 Å². The molecule has 2 aromatic carbocycles. The molecule has 0 aliphatic carbocycles. The second kappa shape index (κ2) is 11.3. The summed E-state index contributed by atoms with van der Waals surface area (Å²) in [5.41, 5.74) is 0.134. The van der Waals surface area contributed by atoms with E-state index in [-0.39, 0.29) is 30.5 Å². The molecular weight excluding hydrogens is 624 g/mol. The zero-order chi connectivity index (χ0) is 26.7. The van der Waals surface area contributed by atoms with Gasteiger partial charge in [0.15, 0.2) is 0 Å². The number of nitro groups is 2. The average Bonchev–Trinajstić information content (AvgIpc) is 2.78. The third-order valence-electron chi connectivity index (χ3n) is 5.54. The van der Waals surface area contributed by atoms with Gasteiger partial charge in [-0.25, -0.2) is 0 Å². The fourth-order valence-corrected chi connectivity index (χ4v) is 5.03. The van der Waals surface area contributed by atoms with Crippen LogP contribution in [0.3, 0.4) is 0 Å². The van der Waals surface area contributed by atoms with Crippen LogP contribution in [-0.2, 0) is 25.3 Å². The van der Waals surface area contributed by atoms with E-state index in [0.717, 1.165) is 5.56 Å². The van der Waals surface area contributed by atoms with E-state index in [1.165, 1.54) is 24.3 Å². The highest BCUT2D eigenvalue weighted by molar-refractivity contribution is 9.10. The van der Waals surface area contributed by atoms with Gasteiger partial charge in [-0.05, 0) is 37.1 Å². The Morgan fingerprint density at radius 3 is 1.69 bits per heavy atom. The van der Waals surface area contributed by atoms with Crippen molar-refractivity contribution in [3.63, 3.8) is 0 Å². The van der Waals surface area contributed by atoms with Crippen molar-refractivity contribution >= 4 is 66.3 Å². The fraction of sp³-hybridized carbons (Fsp3) is 0.364. The maximum absolute atomic E-state index is 11.4. The lowest BCUT2D eigenvalue weighted by molar-refractivity contribution is -0.385. The van der Waals surface area contributed by atoms with Gasteiger partial charge < -0.3 is 20.1 Å². The van der Waals surface area contributed by atoms with E-state index in [9.17, 15) is 25.0 Å². The zero-order valence-electron chi connectivity index (χ0n) is 19.2. The van der Waals surface area contributed by atoms with Gasteiger partial charge in [0.25, 0.3) is 11.4 Å². The first kappa shape index (κ1) is 28.1. The minimum absolute atomic E-state index is 0.0195. The molecule has 4 rings (SSSR count). The first-order valence-electron chi connectivity index (χ1n) is 10.5. The first-order chi connectivity index (χ1) is 16.8. The molecule has 11 nitrogen and oxygen atoms in total. The molecule has 2 atom stereocenters. The highest BCUT2D eigenvalue weighted by Gasteiger charge is 2.34. The van der Waals surface area contributed by atoms with Crippen LogP contribution in [0.2, 0.25) is 0 Å². The Kier molecular flexibility index (Phi) is 8.77. The zero-order valence-corrected chi connectivity index (χ0v) is 23.2. The quantitative estimate of drug-likeness (QED) is 0.283. The number of hydrogen-bond acceptors (Lipinski definition) is 8. The SMILES string of the molecule is C[C@@]1(c2cc(Br)cc([N+](=O)[O-])c2)COCC(=O)N1.C[C@@]1(c2cc(Br)cc([N+](=O)[O-])c2)COCC(=S)N1. The Morgan fingerprint density at radius 1 is 0.833 bits per heavy atom. The van der Waals surface area contributed by atoms with Crippen LogP contribution in [0.25, 0.3) is 0 Å². The van der Waals surface area contributed by atoms with Crippen LogP contribution < -0.4 is 10.6 Å². The Bertz CT molecular complexity index is 1140. The monoisotopic (exact) mass is 644 g/mol. The molecule has 1 amide bonds. The lowest BCUT2D eigenvalue weighted by Gasteiger charge is -2.36. The molecule has 14 heteroatoms. The molecule has 192 valence electrons. The van der Waals surface area contributed by atoms with Gasteiger partial charge in [0, 0.05) is 33.2 Å². The van der Waals surface area contributed by atoms with Crippen molar-refractivity contribution in [2.75, 3.05) is 26.4 Å². The van der Waals surface area contributed by atoms with Gasteiger partial charge in [-0.1, -0.05) is 44.1 Å². The predicted molar refractivity (Wildman–Crippen MR) is 142 cm³/mol. The van der Waals surface area contributed by atoms with E-state index in [2.05, 4.69) is 42.5 Å². The highest BCUT2D eigenvalue weighted by Crippen LogP contribution is 2.31. The number of non-ortho nitro benzene ring substituents is 2. The Labute approximate surface area is 228 Å². The third-order valence-corrected chi connectivity index (χ3v) is 6.67. The Hall–Kier alpha value is -2.52. The van der Waals surface area contributed by atoms with Crippen LogP contribution in [0.5, 0.6) is 0 Å². The van der Waals surface area contributed by atoms with Crippen molar-refractivity contribution in [1.82, 2.24) is 10.6 Å². The van der Waals surface area contributed by atoms with Gasteiger partial charge in [-0.3, -0.25) is 25.0 Å². The third kappa shape index (κ3) is 6.82. The molecule has 2 saturated heterocycles. The highest BCUT2D eigenvalue weighted by atomic mass is 79.9. The summed E-state index contributed by atoms with van der Waals surface area (Å²) in [6.07, 6.45) is 0. The maximum atomic E-state index is 11.4. The number of halogens is 2. The summed E-state index contributed by atoms with van der Waals surface area (Å²) in [7, 11) is 0. The number of thiocarbonyl (C=S) groups is 1. The molecule has 0 bridgehead atoms. The number of nitro benzene ring substituents is 2. The summed E-state index contributed by atoms with van der Waals surface area (Å²) in [5, 5.41) is 27.6. The predicted octanol–water partition coefficient (Wildman–Crippen LogP) is 4.24. The van der Waals surface area contributed by atoms with Gasteiger partial charge >= 0.3 is 0 Å². The minimum atomic E-state index is -0.746. The van der Waals surface area contributed by atoms with Crippen molar-refractivity contribution in [1.29, 1.82) is 0 Å². The van der Waals surface area contributed by atoms with E-state index < -0.39 is 20.9 Å². The molecule has 2 fully saturated rings. The second-order valence-corrected chi connectivity index (χ2v) is 11.0. The largest absolute Gasteiger partial charge is 0.372 e. The fourth-order valence-electron chi connectivity index (χ4n) is 3.76. The second-order valence-electron chi connectivity index (χ2n) is 8.66. The summed E-state index contributed by atoms with van der Waals surface area (Å²) in [5.74, 6) is -0.230. The Balaban J connectivity index is 0.000000201. The standard InChI is InChI=1S/C11H11BrN2O4.C11H11BrN2O3S/c1-11(6-18-5-10(15)13-11)7-2-8(12)4-9(3-7)14(16)17;1-11(6-17-5-10(18)13-11)7-2-8(12)4-9(3-7)14(15)16/h2-4H,5-6H2,1H3,(H,13,15);2-4H,5-6H2,1H3,(H,13,18)/t2*11-/m00/s1. The number of amides is 1. The van der Waals surface area contributed by atoms with Gasteiger partial charge in [0.1, 0.15) is 11.6 Å². The van der Waals surface area contributed by atoms with E-state index in [4.69, 9.17) is 21.7 Å².